The Balaban J connectivity index is 1.87. The van der Waals surface area contributed by atoms with Crippen molar-refractivity contribution in [2.75, 3.05) is 12.4 Å². The van der Waals surface area contributed by atoms with E-state index in [0.717, 1.165) is 30.1 Å². The molecule has 0 saturated heterocycles. The molecule has 2 N–H and O–H groups in total. The van der Waals surface area contributed by atoms with Crippen LogP contribution in [0.15, 0.2) is 59.5 Å². The molecule has 2 aromatic carbocycles. The highest BCUT2D eigenvalue weighted by molar-refractivity contribution is 7.99. The lowest BCUT2D eigenvalue weighted by Crippen LogP contribution is -2.12. The fraction of sp³-hybridized carbons (Fsp3) is 0.294. The minimum Gasteiger partial charge on any atom is -0.494 e. The Kier molecular flexibility index (Phi) is 5.96. The Hall–Kier alpha value is -1.45. The van der Waals surface area contributed by atoms with E-state index >= 15 is 0 Å². The fourth-order valence-electron chi connectivity index (χ4n) is 1.83. The number of ether oxygens (including phenoxy) is 1. The molecule has 3 heteroatoms. The molecule has 0 saturated carbocycles. The summed E-state index contributed by atoms with van der Waals surface area (Å²) in [5.74, 6) is 1.79. The number of thioether (sulfide) groups is 1. The minimum atomic E-state index is 0.0421. The van der Waals surface area contributed by atoms with Gasteiger partial charge in [-0.3, -0.25) is 0 Å². The van der Waals surface area contributed by atoms with Gasteiger partial charge in [-0.25, -0.2) is 0 Å². The summed E-state index contributed by atoms with van der Waals surface area (Å²) in [5, 5.41) is 0. The molecule has 0 heterocycles. The van der Waals surface area contributed by atoms with Crippen LogP contribution in [0.3, 0.4) is 0 Å². The molecule has 0 spiro atoms. The first-order chi connectivity index (χ1) is 9.79. The maximum absolute atomic E-state index is 6.23. The Morgan fingerprint density at radius 1 is 1.05 bits per heavy atom. The van der Waals surface area contributed by atoms with Crippen LogP contribution in [0.5, 0.6) is 5.75 Å². The first-order valence-corrected chi connectivity index (χ1v) is 7.94. The highest BCUT2D eigenvalue weighted by Crippen LogP contribution is 2.24. The third-order valence-corrected chi connectivity index (χ3v) is 4.09. The Labute approximate surface area is 125 Å². The van der Waals surface area contributed by atoms with E-state index < -0.39 is 0 Å². The third kappa shape index (κ3) is 4.58. The van der Waals surface area contributed by atoms with E-state index in [1.165, 1.54) is 4.90 Å². The van der Waals surface area contributed by atoms with Crippen molar-refractivity contribution >= 4 is 11.8 Å². The largest absolute Gasteiger partial charge is 0.494 e. The molecule has 0 bridgehead atoms. The second-order valence-electron chi connectivity index (χ2n) is 4.65. The summed E-state index contributed by atoms with van der Waals surface area (Å²) in [6.45, 7) is 2.86. The molecule has 20 heavy (non-hydrogen) atoms. The van der Waals surface area contributed by atoms with Crippen LogP contribution in [-0.2, 0) is 0 Å². The second kappa shape index (κ2) is 7.98. The molecule has 0 aliphatic heterocycles. The van der Waals surface area contributed by atoms with Crippen LogP contribution >= 0.6 is 11.8 Å². The molecule has 2 aromatic rings. The Morgan fingerprint density at radius 2 is 1.75 bits per heavy atom. The molecule has 2 rings (SSSR count). The van der Waals surface area contributed by atoms with Crippen molar-refractivity contribution in [2.45, 2.75) is 24.3 Å². The van der Waals surface area contributed by atoms with Crippen LogP contribution in [0.4, 0.5) is 0 Å². The monoisotopic (exact) mass is 287 g/mol. The molecule has 2 nitrogen and oxygen atoms in total. The predicted molar refractivity (Wildman–Crippen MR) is 86.3 cm³/mol. The summed E-state index contributed by atoms with van der Waals surface area (Å²) in [6.07, 6.45) is 1.02. The maximum Gasteiger partial charge on any atom is 0.119 e. The molecule has 0 aromatic heterocycles. The molecule has 0 aliphatic rings. The van der Waals surface area contributed by atoms with E-state index in [0.29, 0.717) is 0 Å². The molecule has 0 aliphatic carbocycles. The zero-order valence-corrected chi connectivity index (χ0v) is 12.6. The van der Waals surface area contributed by atoms with E-state index in [1.54, 1.807) is 11.8 Å². The summed E-state index contributed by atoms with van der Waals surface area (Å²) in [4.78, 5) is 1.26. The Bertz CT molecular complexity index is 498. The van der Waals surface area contributed by atoms with Gasteiger partial charge in [-0.1, -0.05) is 37.3 Å². The quantitative estimate of drug-likeness (QED) is 0.772. The van der Waals surface area contributed by atoms with Gasteiger partial charge < -0.3 is 10.5 Å². The summed E-state index contributed by atoms with van der Waals surface area (Å²) >= 11 is 1.79. The number of nitrogens with two attached hydrogens (primary N) is 1. The van der Waals surface area contributed by atoms with Gasteiger partial charge in [0, 0.05) is 16.7 Å². The second-order valence-corrected chi connectivity index (χ2v) is 5.74. The number of rotatable bonds is 7. The molecule has 1 atom stereocenters. The summed E-state index contributed by atoms with van der Waals surface area (Å²) < 4.78 is 5.57. The van der Waals surface area contributed by atoms with Gasteiger partial charge in [0.05, 0.1) is 6.61 Å². The van der Waals surface area contributed by atoms with Crippen LogP contribution in [0, 0.1) is 0 Å². The van der Waals surface area contributed by atoms with Crippen molar-refractivity contribution in [2.24, 2.45) is 5.73 Å². The normalized spacial score (nSPS) is 12.1. The molecule has 0 fully saturated rings. The average molecular weight is 287 g/mol. The van der Waals surface area contributed by atoms with Crippen LogP contribution < -0.4 is 10.5 Å². The van der Waals surface area contributed by atoms with Gasteiger partial charge >= 0.3 is 0 Å². The number of hydrogen-bond donors (Lipinski definition) is 1. The lowest BCUT2D eigenvalue weighted by molar-refractivity contribution is 0.317. The van der Waals surface area contributed by atoms with Gasteiger partial charge in [-0.2, -0.15) is 0 Å². The van der Waals surface area contributed by atoms with Crippen LogP contribution in [0.25, 0.3) is 0 Å². The van der Waals surface area contributed by atoms with Crippen LogP contribution in [0.1, 0.15) is 24.9 Å². The third-order valence-electron chi connectivity index (χ3n) is 2.95. The van der Waals surface area contributed by atoms with E-state index in [1.807, 2.05) is 30.3 Å². The van der Waals surface area contributed by atoms with E-state index in [2.05, 4.69) is 31.2 Å². The minimum absolute atomic E-state index is 0.0421. The average Bonchev–Trinajstić information content (AvgIpc) is 2.52. The van der Waals surface area contributed by atoms with Gasteiger partial charge in [-0.05, 0) is 36.2 Å². The van der Waals surface area contributed by atoms with Crippen molar-refractivity contribution in [1.29, 1.82) is 0 Å². The topological polar surface area (TPSA) is 35.2 Å². The van der Waals surface area contributed by atoms with Gasteiger partial charge in [0.1, 0.15) is 5.75 Å². The fourth-order valence-corrected chi connectivity index (χ4v) is 2.74. The summed E-state index contributed by atoms with van der Waals surface area (Å²) in [6, 6.07) is 18.5. The zero-order chi connectivity index (χ0) is 14.2. The predicted octanol–water partition coefficient (Wildman–Crippen LogP) is 4.27. The number of benzene rings is 2. The van der Waals surface area contributed by atoms with Crippen molar-refractivity contribution in [1.82, 2.24) is 0 Å². The molecule has 1 unspecified atom stereocenters. The van der Waals surface area contributed by atoms with Crippen molar-refractivity contribution in [3.63, 3.8) is 0 Å². The molecule has 0 amide bonds. The molecular weight excluding hydrogens is 266 g/mol. The molecule has 106 valence electrons. The SMILES string of the molecule is CCCOc1ccc(C(N)CSc2ccccc2)cc1. The summed E-state index contributed by atoms with van der Waals surface area (Å²) in [5.41, 5.74) is 7.38. The maximum atomic E-state index is 6.23. The highest BCUT2D eigenvalue weighted by Gasteiger charge is 2.07. The standard InChI is InChI=1S/C17H21NOS/c1-2-12-19-15-10-8-14(9-11-15)17(18)13-20-16-6-4-3-5-7-16/h3-11,17H,2,12-13,18H2,1H3. The van der Waals surface area contributed by atoms with Gasteiger partial charge in [0.15, 0.2) is 0 Å². The number of hydrogen-bond acceptors (Lipinski definition) is 3. The van der Waals surface area contributed by atoms with Crippen molar-refractivity contribution < 1.29 is 4.74 Å². The Morgan fingerprint density at radius 3 is 2.40 bits per heavy atom. The van der Waals surface area contributed by atoms with Crippen LogP contribution in [-0.4, -0.2) is 12.4 Å². The zero-order valence-electron chi connectivity index (χ0n) is 11.8. The van der Waals surface area contributed by atoms with E-state index in [4.69, 9.17) is 10.5 Å². The summed E-state index contributed by atoms with van der Waals surface area (Å²) in [7, 11) is 0. The van der Waals surface area contributed by atoms with Crippen molar-refractivity contribution in [3.8, 4) is 5.75 Å². The van der Waals surface area contributed by atoms with Crippen molar-refractivity contribution in [3.05, 3.63) is 60.2 Å². The van der Waals surface area contributed by atoms with Gasteiger partial charge in [0.2, 0.25) is 0 Å². The first kappa shape index (κ1) is 14.9. The first-order valence-electron chi connectivity index (χ1n) is 6.96. The molecule has 0 radical (unpaired) electrons. The highest BCUT2D eigenvalue weighted by atomic mass is 32.2. The lowest BCUT2D eigenvalue weighted by Gasteiger charge is -2.12. The smallest absolute Gasteiger partial charge is 0.119 e. The van der Waals surface area contributed by atoms with E-state index in [9.17, 15) is 0 Å². The molecular formula is C17H21NOS. The lowest BCUT2D eigenvalue weighted by atomic mass is 10.1. The van der Waals surface area contributed by atoms with Gasteiger partial charge in [-0.15, -0.1) is 11.8 Å². The van der Waals surface area contributed by atoms with E-state index in [-0.39, 0.29) is 6.04 Å². The van der Waals surface area contributed by atoms with Gasteiger partial charge in [0.25, 0.3) is 0 Å². The van der Waals surface area contributed by atoms with Crippen LogP contribution in [0.2, 0.25) is 0 Å².